The lowest BCUT2D eigenvalue weighted by atomic mass is 10.1. The van der Waals surface area contributed by atoms with Crippen molar-refractivity contribution in [1.29, 1.82) is 0 Å². The second kappa shape index (κ2) is 5.91. The number of rotatable bonds is 3. The number of anilines is 2. The maximum atomic E-state index is 5.96. The quantitative estimate of drug-likeness (QED) is 0.840. The normalized spacial score (nSPS) is 10.4. The van der Waals surface area contributed by atoms with Crippen LogP contribution in [0.5, 0.6) is 0 Å². The van der Waals surface area contributed by atoms with Crippen LogP contribution < -0.4 is 11.1 Å². The van der Waals surface area contributed by atoms with Gasteiger partial charge in [-0.05, 0) is 37.6 Å². The minimum absolute atomic E-state index is 0.260. The number of benzene rings is 1. The van der Waals surface area contributed by atoms with Gasteiger partial charge in [0.1, 0.15) is 4.99 Å². The van der Waals surface area contributed by atoms with E-state index in [1.807, 2.05) is 13.8 Å². The number of hydrogen-bond donors (Lipinski definition) is 2. The number of aromatic nitrogens is 2. The van der Waals surface area contributed by atoms with E-state index in [2.05, 4.69) is 15.5 Å². The number of halogens is 2. The van der Waals surface area contributed by atoms with Crippen molar-refractivity contribution in [2.45, 2.75) is 13.8 Å². The third kappa shape index (κ3) is 3.17. The summed E-state index contributed by atoms with van der Waals surface area (Å²) in [5.74, 6) is 0.485. The maximum absolute atomic E-state index is 5.96. The summed E-state index contributed by atoms with van der Waals surface area (Å²) >= 11 is 17.0. The maximum Gasteiger partial charge on any atom is 0.163 e. The molecule has 0 saturated carbocycles. The van der Waals surface area contributed by atoms with Crippen LogP contribution in [0.2, 0.25) is 10.0 Å². The molecule has 0 bridgehead atoms. The first-order chi connectivity index (χ1) is 9.38. The number of aryl methyl sites for hydroxylation is 1. The molecule has 0 fully saturated rings. The number of thiocarbonyl (C=S) groups is 1. The molecular weight excluding hydrogens is 315 g/mol. The molecule has 7 heteroatoms. The summed E-state index contributed by atoms with van der Waals surface area (Å²) in [6, 6.07) is 5.11. The molecule has 3 N–H and O–H groups in total. The van der Waals surface area contributed by atoms with Crippen LogP contribution in [0.25, 0.3) is 0 Å². The Hall–Kier alpha value is -1.43. The summed E-state index contributed by atoms with van der Waals surface area (Å²) in [6.45, 7) is 3.75. The lowest BCUT2D eigenvalue weighted by Crippen LogP contribution is -2.16. The van der Waals surface area contributed by atoms with Gasteiger partial charge in [-0.15, -0.1) is 5.10 Å². The summed E-state index contributed by atoms with van der Waals surface area (Å²) in [7, 11) is 0. The fourth-order valence-electron chi connectivity index (χ4n) is 1.76. The molecule has 4 nitrogen and oxygen atoms in total. The van der Waals surface area contributed by atoms with Gasteiger partial charge < -0.3 is 11.1 Å². The molecule has 2 aromatic rings. The highest BCUT2D eigenvalue weighted by Crippen LogP contribution is 2.27. The average Bonchev–Trinajstić information content (AvgIpc) is 2.32. The van der Waals surface area contributed by atoms with Crippen LogP contribution in [0.15, 0.2) is 18.2 Å². The predicted molar refractivity (Wildman–Crippen MR) is 87.1 cm³/mol. The van der Waals surface area contributed by atoms with Crippen LogP contribution in [0.3, 0.4) is 0 Å². The van der Waals surface area contributed by atoms with Gasteiger partial charge in [-0.1, -0.05) is 35.4 Å². The monoisotopic (exact) mass is 326 g/mol. The van der Waals surface area contributed by atoms with E-state index in [4.69, 9.17) is 41.2 Å². The van der Waals surface area contributed by atoms with Crippen molar-refractivity contribution in [3.8, 4) is 0 Å². The topological polar surface area (TPSA) is 63.8 Å². The Bertz CT molecular complexity index is 668. The zero-order valence-corrected chi connectivity index (χ0v) is 13.2. The molecule has 1 heterocycles. The van der Waals surface area contributed by atoms with E-state index in [1.165, 1.54) is 0 Å². The molecule has 0 spiro atoms. The van der Waals surface area contributed by atoms with Crippen molar-refractivity contribution in [2.75, 3.05) is 5.32 Å². The molecule has 0 aliphatic rings. The van der Waals surface area contributed by atoms with Gasteiger partial charge in [-0.3, -0.25) is 0 Å². The third-order valence-electron chi connectivity index (χ3n) is 2.83. The van der Waals surface area contributed by atoms with E-state index in [-0.39, 0.29) is 4.99 Å². The SMILES string of the molecule is Cc1nnc(Nc2cc(Cl)cc(Cl)c2)c(C(N)=S)c1C. The van der Waals surface area contributed by atoms with Gasteiger partial charge in [0.15, 0.2) is 5.82 Å². The Morgan fingerprint density at radius 1 is 1.15 bits per heavy atom. The Kier molecular flexibility index (Phi) is 4.42. The van der Waals surface area contributed by atoms with E-state index in [1.54, 1.807) is 18.2 Å². The van der Waals surface area contributed by atoms with Crippen LogP contribution >= 0.6 is 35.4 Å². The van der Waals surface area contributed by atoms with Crippen molar-refractivity contribution in [1.82, 2.24) is 10.2 Å². The smallest absolute Gasteiger partial charge is 0.163 e. The highest BCUT2D eigenvalue weighted by atomic mass is 35.5. The fourth-order valence-corrected chi connectivity index (χ4v) is 2.54. The molecular formula is C13H12Cl2N4S. The van der Waals surface area contributed by atoms with Crippen molar-refractivity contribution < 1.29 is 0 Å². The number of nitrogens with zero attached hydrogens (tertiary/aromatic N) is 2. The van der Waals surface area contributed by atoms with Gasteiger partial charge in [0.05, 0.1) is 11.3 Å². The average molecular weight is 327 g/mol. The van der Waals surface area contributed by atoms with Gasteiger partial charge in [0.2, 0.25) is 0 Å². The molecule has 0 saturated heterocycles. The van der Waals surface area contributed by atoms with E-state index in [9.17, 15) is 0 Å². The predicted octanol–water partition coefficient (Wildman–Crippen LogP) is 3.78. The highest BCUT2D eigenvalue weighted by molar-refractivity contribution is 7.80. The molecule has 1 aromatic heterocycles. The van der Waals surface area contributed by atoms with Crippen LogP contribution in [0, 0.1) is 13.8 Å². The molecule has 1 aromatic carbocycles. The first-order valence-corrected chi connectivity index (χ1v) is 6.91. The standard InChI is InChI=1S/C13H12Cl2N4S/c1-6-7(2)18-19-13(11(6)12(16)20)17-10-4-8(14)3-9(15)5-10/h3-5H,1-2H3,(H2,16,20)(H,17,19). The Morgan fingerprint density at radius 2 is 1.75 bits per heavy atom. The lowest BCUT2D eigenvalue weighted by molar-refractivity contribution is 0.963. The Balaban J connectivity index is 2.48. The van der Waals surface area contributed by atoms with E-state index < -0.39 is 0 Å². The van der Waals surface area contributed by atoms with Gasteiger partial charge in [0, 0.05) is 15.7 Å². The number of nitrogens with two attached hydrogens (primary N) is 1. The molecule has 104 valence electrons. The second-order valence-electron chi connectivity index (χ2n) is 4.28. The van der Waals surface area contributed by atoms with Gasteiger partial charge in [-0.2, -0.15) is 5.10 Å². The summed E-state index contributed by atoms with van der Waals surface area (Å²) in [6.07, 6.45) is 0. The first-order valence-electron chi connectivity index (χ1n) is 5.75. The molecule has 0 amide bonds. The molecule has 0 aliphatic carbocycles. The molecule has 0 radical (unpaired) electrons. The molecule has 20 heavy (non-hydrogen) atoms. The van der Waals surface area contributed by atoms with Crippen molar-refractivity contribution in [3.63, 3.8) is 0 Å². The van der Waals surface area contributed by atoms with Crippen LogP contribution in [0.4, 0.5) is 11.5 Å². The van der Waals surface area contributed by atoms with Crippen molar-refractivity contribution >= 4 is 51.9 Å². The van der Waals surface area contributed by atoms with Gasteiger partial charge in [0.25, 0.3) is 0 Å². The fraction of sp³-hybridized carbons (Fsp3) is 0.154. The summed E-state index contributed by atoms with van der Waals surface area (Å²) in [5, 5.41) is 12.3. The van der Waals surface area contributed by atoms with Gasteiger partial charge in [-0.25, -0.2) is 0 Å². The molecule has 0 aliphatic heterocycles. The van der Waals surface area contributed by atoms with Crippen LogP contribution in [0.1, 0.15) is 16.8 Å². The minimum Gasteiger partial charge on any atom is -0.389 e. The van der Waals surface area contributed by atoms with Crippen LogP contribution in [-0.4, -0.2) is 15.2 Å². The minimum atomic E-state index is 0.260. The van der Waals surface area contributed by atoms with E-state index >= 15 is 0 Å². The van der Waals surface area contributed by atoms with E-state index in [0.717, 1.165) is 11.3 Å². The zero-order valence-electron chi connectivity index (χ0n) is 10.9. The van der Waals surface area contributed by atoms with Crippen molar-refractivity contribution in [3.05, 3.63) is 45.1 Å². The molecule has 0 unspecified atom stereocenters. The number of nitrogens with one attached hydrogen (secondary N) is 1. The summed E-state index contributed by atoms with van der Waals surface area (Å²) in [4.78, 5) is 0.260. The second-order valence-corrected chi connectivity index (χ2v) is 5.59. The Morgan fingerprint density at radius 3 is 2.30 bits per heavy atom. The number of hydrogen-bond acceptors (Lipinski definition) is 4. The van der Waals surface area contributed by atoms with E-state index in [0.29, 0.717) is 27.1 Å². The lowest BCUT2D eigenvalue weighted by Gasteiger charge is -2.13. The third-order valence-corrected chi connectivity index (χ3v) is 3.47. The molecule has 0 atom stereocenters. The van der Waals surface area contributed by atoms with Crippen LogP contribution in [-0.2, 0) is 0 Å². The zero-order chi connectivity index (χ0) is 14.9. The molecule has 2 rings (SSSR count). The largest absolute Gasteiger partial charge is 0.389 e. The Labute approximate surface area is 132 Å². The first kappa shape index (κ1) is 15.0. The van der Waals surface area contributed by atoms with Crippen molar-refractivity contribution in [2.24, 2.45) is 5.73 Å². The summed E-state index contributed by atoms with van der Waals surface area (Å²) < 4.78 is 0. The van der Waals surface area contributed by atoms with Gasteiger partial charge >= 0.3 is 0 Å². The summed E-state index contributed by atoms with van der Waals surface area (Å²) in [5.41, 5.74) is 8.80. The highest BCUT2D eigenvalue weighted by Gasteiger charge is 2.14.